The fourth-order valence-corrected chi connectivity index (χ4v) is 3.88. The lowest BCUT2D eigenvalue weighted by molar-refractivity contribution is -0.115. The Hall–Kier alpha value is -1.94. The highest BCUT2D eigenvalue weighted by Gasteiger charge is 2.23. The molecule has 2 nitrogen and oxygen atoms in total. The first-order valence-corrected chi connectivity index (χ1v) is 9.30. The van der Waals surface area contributed by atoms with Gasteiger partial charge in [-0.3, -0.25) is 4.79 Å². The molecule has 3 rings (SSSR count). The number of anilines is 1. The predicted octanol–water partition coefficient (Wildman–Crippen LogP) is 6.47. The fraction of sp³-hybridized carbons (Fsp3) is 0.0500. The summed E-state index contributed by atoms with van der Waals surface area (Å²) in [4.78, 5) is 14.0. The van der Waals surface area contributed by atoms with E-state index < -0.39 is 5.25 Å². The zero-order chi connectivity index (χ0) is 17.6. The van der Waals surface area contributed by atoms with Crippen LogP contribution >= 0.6 is 35.0 Å². The second kappa shape index (κ2) is 8.43. The average molecular weight is 388 g/mol. The van der Waals surface area contributed by atoms with Crippen LogP contribution in [0.15, 0.2) is 83.8 Å². The molecule has 0 radical (unpaired) electrons. The average Bonchev–Trinajstić information content (AvgIpc) is 2.64. The third-order valence-electron chi connectivity index (χ3n) is 3.55. The lowest BCUT2D eigenvalue weighted by atomic mass is 10.1. The molecule has 3 aromatic rings. The first-order chi connectivity index (χ1) is 12.1. The molecule has 0 aliphatic rings. The molecule has 0 aliphatic carbocycles. The Morgan fingerprint density at radius 3 is 1.96 bits per heavy atom. The van der Waals surface area contributed by atoms with E-state index in [0.29, 0.717) is 15.7 Å². The van der Waals surface area contributed by atoms with Crippen LogP contribution in [0.3, 0.4) is 0 Å². The molecule has 1 N–H and O–H groups in total. The smallest absolute Gasteiger partial charge is 0.242 e. The summed E-state index contributed by atoms with van der Waals surface area (Å²) >= 11 is 13.8. The maximum atomic E-state index is 13.0. The van der Waals surface area contributed by atoms with Gasteiger partial charge >= 0.3 is 0 Å². The SMILES string of the molecule is O=C(Nc1c(Cl)cccc1Cl)[C@H](Sc1ccccc1)c1ccccc1. The van der Waals surface area contributed by atoms with Crippen molar-refractivity contribution in [3.63, 3.8) is 0 Å². The lowest BCUT2D eigenvalue weighted by Crippen LogP contribution is -2.19. The second-order valence-corrected chi connectivity index (χ2v) is 7.30. The summed E-state index contributed by atoms with van der Waals surface area (Å²) in [5.74, 6) is -0.171. The van der Waals surface area contributed by atoms with Gasteiger partial charge in [0.15, 0.2) is 0 Å². The maximum absolute atomic E-state index is 13.0. The van der Waals surface area contributed by atoms with E-state index in [1.807, 2.05) is 60.7 Å². The molecule has 0 fully saturated rings. The number of benzene rings is 3. The highest BCUT2D eigenvalue weighted by atomic mass is 35.5. The standard InChI is InChI=1S/C20H15Cl2NOS/c21-16-12-7-13-17(22)18(16)23-20(24)19(14-8-3-1-4-9-14)25-15-10-5-2-6-11-15/h1-13,19H,(H,23,24)/t19-/m1/s1. The third-order valence-corrected chi connectivity index (χ3v) is 5.44. The molecule has 5 heteroatoms. The maximum Gasteiger partial charge on any atom is 0.242 e. The number of carbonyl (C=O) groups is 1. The van der Waals surface area contributed by atoms with Crippen molar-refractivity contribution in [2.24, 2.45) is 0 Å². The lowest BCUT2D eigenvalue weighted by Gasteiger charge is -2.18. The number of halogens is 2. The van der Waals surface area contributed by atoms with Gasteiger partial charge in [-0.2, -0.15) is 0 Å². The Kier molecular flexibility index (Phi) is 6.03. The molecule has 25 heavy (non-hydrogen) atoms. The van der Waals surface area contributed by atoms with E-state index in [2.05, 4.69) is 5.32 Å². The number of rotatable bonds is 5. The summed E-state index contributed by atoms with van der Waals surface area (Å²) in [6.45, 7) is 0. The first kappa shape index (κ1) is 17.9. The van der Waals surface area contributed by atoms with Gasteiger partial charge in [-0.1, -0.05) is 77.8 Å². The molecule has 0 saturated carbocycles. The number of hydrogen-bond donors (Lipinski definition) is 1. The van der Waals surface area contributed by atoms with Crippen molar-refractivity contribution in [3.8, 4) is 0 Å². The van der Waals surface area contributed by atoms with Gasteiger partial charge in [-0.15, -0.1) is 11.8 Å². The van der Waals surface area contributed by atoms with Crippen molar-refractivity contribution >= 4 is 46.6 Å². The van der Waals surface area contributed by atoms with E-state index >= 15 is 0 Å². The molecule has 0 heterocycles. The molecule has 0 aromatic heterocycles. The van der Waals surface area contributed by atoms with Gasteiger partial charge in [0.1, 0.15) is 5.25 Å². The minimum Gasteiger partial charge on any atom is -0.322 e. The van der Waals surface area contributed by atoms with Crippen molar-refractivity contribution in [3.05, 3.63) is 94.5 Å². The topological polar surface area (TPSA) is 29.1 Å². The van der Waals surface area contributed by atoms with E-state index in [4.69, 9.17) is 23.2 Å². The van der Waals surface area contributed by atoms with Crippen LogP contribution < -0.4 is 5.32 Å². The Labute approximate surface area is 161 Å². The molecule has 0 aliphatic heterocycles. The zero-order valence-corrected chi connectivity index (χ0v) is 15.5. The summed E-state index contributed by atoms with van der Waals surface area (Å²) in [5, 5.41) is 3.28. The first-order valence-electron chi connectivity index (χ1n) is 7.66. The Morgan fingerprint density at radius 2 is 1.36 bits per heavy atom. The van der Waals surface area contributed by atoms with Gasteiger partial charge in [-0.25, -0.2) is 0 Å². The van der Waals surface area contributed by atoms with Gasteiger partial charge < -0.3 is 5.32 Å². The van der Waals surface area contributed by atoms with Crippen LogP contribution in [0.2, 0.25) is 10.0 Å². The number of amides is 1. The van der Waals surface area contributed by atoms with Gasteiger partial charge in [0, 0.05) is 4.90 Å². The van der Waals surface area contributed by atoms with E-state index in [1.54, 1.807) is 18.2 Å². The van der Waals surface area contributed by atoms with Crippen molar-refractivity contribution in [2.75, 3.05) is 5.32 Å². The van der Waals surface area contributed by atoms with E-state index in [9.17, 15) is 4.79 Å². The Bertz CT molecular complexity index is 836. The fourth-order valence-electron chi connectivity index (χ4n) is 2.34. The van der Waals surface area contributed by atoms with Gasteiger partial charge in [0.2, 0.25) is 5.91 Å². The summed E-state index contributed by atoms with van der Waals surface area (Å²) < 4.78 is 0. The second-order valence-electron chi connectivity index (χ2n) is 5.31. The summed E-state index contributed by atoms with van der Waals surface area (Å²) in [7, 11) is 0. The van der Waals surface area contributed by atoms with E-state index in [1.165, 1.54) is 11.8 Å². The van der Waals surface area contributed by atoms with Crippen molar-refractivity contribution in [1.29, 1.82) is 0 Å². The van der Waals surface area contributed by atoms with Crippen LogP contribution in [0.1, 0.15) is 10.8 Å². The minimum absolute atomic E-state index is 0.171. The normalized spacial score (nSPS) is 11.8. The number of carbonyl (C=O) groups excluding carboxylic acids is 1. The van der Waals surface area contributed by atoms with E-state index in [0.717, 1.165) is 10.5 Å². The van der Waals surface area contributed by atoms with Crippen LogP contribution in [-0.2, 0) is 4.79 Å². The molecule has 0 saturated heterocycles. The molecular weight excluding hydrogens is 373 g/mol. The predicted molar refractivity (Wildman–Crippen MR) is 107 cm³/mol. The highest BCUT2D eigenvalue weighted by Crippen LogP contribution is 2.37. The van der Waals surface area contributed by atoms with Crippen molar-refractivity contribution < 1.29 is 4.79 Å². The van der Waals surface area contributed by atoms with Crippen LogP contribution in [0, 0.1) is 0 Å². The molecule has 0 spiro atoms. The van der Waals surface area contributed by atoms with Crippen LogP contribution in [-0.4, -0.2) is 5.91 Å². The van der Waals surface area contributed by atoms with Crippen LogP contribution in [0.25, 0.3) is 0 Å². The number of para-hydroxylation sites is 1. The largest absolute Gasteiger partial charge is 0.322 e. The van der Waals surface area contributed by atoms with Crippen molar-refractivity contribution in [1.82, 2.24) is 0 Å². The Morgan fingerprint density at radius 1 is 0.800 bits per heavy atom. The Balaban J connectivity index is 1.90. The molecular formula is C20H15Cl2NOS. The molecule has 0 bridgehead atoms. The van der Waals surface area contributed by atoms with E-state index in [-0.39, 0.29) is 5.91 Å². The molecule has 0 unspecified atom stereocenters. The minimum atomic E-state index is -0.420. The molecule has 1 atom stereocenters. The number of hydrogen-bond acceptors (Lipinski definition) is 2. The molecule has 1 amide bonds. The highest BCUT2D eigenvalue weighted by molar-refractivity contribution is 8.00. The summed E-state index contributed by atoms with van der Waals surface area (Å²) in [6.07, 6.45) is 0. The van der Waals surface area contributed by atoms with Crippen LogP contribution in [0.5, 0.6) is 0 Å². The molecule has 3 aromatic carbocycles. The van der Waals surface area contributed by atoms with Crippen molar-refractivity contribution in [2.45, 2.75) is 10.1 Å². The van der Waals surface area contributed by atoms with Gasteiger partial charge in [0.25, 0.3) is 0 Å². The monoisotopic (exact) mass is 387 g/mol. The quantitative estimate of drug-likeness (QED) is 0.508. The van der Waals surface area contributed by atoms with Gasteiger partial charge in [0.05, 0.1) is 15.7 Å². The number of nitrogens with one attached hydrogen (secondary N) is 1. The van der Waals surface area contributed by atoms with Crippen LogP contribution in [0.4, 0.5) is 5.69 Å². The summed E-state index contributed by atoms with van der Waals surface area (Å²) in [6, 6.07) is 24.6. The summed E-state index contributed by atoms with van der Waals surface area (Å²) in [5.41, 5.74) is 1.35. The third kappa shape index (κ3) is 4.57. The zero-order valence-electron chi connectivity index (χ0n) is 13.2. The van der Waals surface area contributed by atoms with Gasteiger partial charge in [-0.05, 0) is 29.8 Å². The molecule has 126 valence electrons. The number of thioether (sulfide) groups is 1.